The van der Waals surface area contributed by atoms with Crippen LogP contribution in [-0.4, -0.2) is 19.9 Å². The van der Waals surface area contributed by atoms with Crippen LogP contribution in [0.4, 0.5) is 0 Å². The molecule has 0 aliphatic rings. The van der Waals surface area contributed by atoms with Gasteiger partial charge in [-0.1, -0.05) is 30.3 Å². The minimum Gasteiger partial charge on any atom is -0.224 e. The summed E-state index contributed by atoms with van der Waals surface area (Å²) in [5.74, 6) is 1.47. The van der Waals surface area contributed by atoms with Gasteiger partial charge in [0.2, 0.25) is 0 Å². The predicted octanol–water partition coefficient (Wildman–Crippen LogP) is 3.27. The summed E-state index contributed by atoms with van der Waals surface area (Å²) in [6.07, 6.45) is 0. The molecule has 0 aromatic heterocycles. The Morgan fingerprint density at radius 2 is 1.67 bits per heavy atom. The highest BCUT2D eigenvalue weighted by Gasteiger charge is 2.13. The molecule has 2 rings (SSSR count). The minimum absolute atomic E-state index is 0.108. The van der Waals surface area contributed by atoms with Crippen LogP contribution in [0.2, 0.25) is 0 Å². The molecule has 0 spiro atoms. The van der Waals surface area contributed by atoms with E-state index in [-0.39, 0.29) is 10.6 Å². The Morgan fingerprint density at radius 3 is 2.29 bits per heavy atom. The fourth-order valence-electron chi connectivity index (χ4n) is 1.79. The van der Waals surface area contributed by atoms with Crippen molar-refractivity contribution in [1.29, 1.82) is 5.26 Å². The van der Waals surface area contributed by atoms with E-state index in [4.69, 9.17) is 5.26 Å². The molecule has 0 N–H and O–H groups in total. The first-order valence-corrected chi connectivity index (χ1v) is 9.27. The molecule has 0 saturated heterocycles. The van der Waals surface area contributed by atoms with E-state index in [9.17, 15) is 8.42 Å². The third-order valence-electron chi connectivity index (χ3n) is 2.95. The van der Waals surface area contributed by atoms with Gasteiger partial charge in [0.25, 0.3) is 0 Å². The molecule has 0 amide bonds. The first kappa shape index (κ1) is 15.6. The zero-order valence-corrected chi connectivity index (χ0v) is 13.0. The van der Waals surface area contributed by atoms with Crippen LogP contribution < -0.4 is 0 Å². The summed E-state index contributed by atoms with van der Waals surface area (Å²) in [7, 11) is -3.27. The van der Waals surface area contributed by atoms with Crippen molar-refractivity contribution in [2.45, 2.75) is 10.6 Å². The van der Waals surface area contributed by atoms with Crippen molar-refractivity contribution in [3.63, 3.8) is 0 Å². The van der Waals surface area contributed by atoms with E-state index in [1.54, 1.807) is 11.8 Å². The maximum absolute atomic E-state index is 12.1. The lowest BCUT2D eigenvalue weighted by molar-refractivity contribution is 0.597. The zero-order valence-electron chi connectivity index (χ0n) is 11.4. The largest absolute Gasteiger partial charge is 0.224 e. The van der Waals surface area contributed by atoms with Gasteiger partial charge >= 0.3 is 0 Å². The number of hydrogen-bond acceptors (Lipinski definition) is 4. The average Bonchev–Trinajstić information content (AvgIpc) is 2.53. The summed E-state index contributed by atoms with van der Waals surface area (Å²) in [4.78, 5) is 0.279. The lowest BCUT2D eigenvalue weighted by Gasteiger charge is -2.05. The maximum atomic E-state index is 12.1. The van der Waals surface area contributed by atoms with Gasteiger partial charge in [0.15, 0.2) is 9.84 Å². The van der Waals surface area contributed by atoms with Gasteiger partial charge in [-0.25, -0.2) is 8.42 Å². The van der Waals surface area contributed by atoms with Crippen LogP contribution in [0.15, 0.2) is 59.5 Å². The molecule has 5 heteroatoms. The molecule has 3 nitrogen and oxygen atoms in total. The van der Waals surface area contributed by atoms with Crippen LogP contribution >= 0.6 is 11.8 Å². The fraction of sp³-hybridized carbons (Fsp3) is 0.188. The second-order valence-electron chi connectivity index (χ2n) is 4.49. The van der Waals surface area contributed by atoms with E-state index >= 15 is 0 Å². The minimum atomic E-state index is -3.27. The molecule has 0 bridgehead atoms. The Morgan fingerprint density at radius 1 is 1.00 bits per heavy atom. The molecule has 0 atom stereocenters. The third-order valence-corrected chi connectivity index (χ3v) is 5.97. The van der Waals surface area contributed by atoms with Gasteiger partial charge in [-0.15, -0.1) is 0 Å². The summed E-state index contributed by atoms with van der Waals surface area (Å²) < 4.78 is 24.3. The van der Waals surface area contributed by atoms with Crippen LogP contribution in [0.5, 0.6) is 0 Å². The van der Waals surface area contributed by atoms with Crippen molar-refractivity contribution >= 4 is 21.6 Å². The molecular weight excluding hydrogens is 302 g/mol. The van der Waals surface area contributed by atoms with Crippen molar-refractivity contribution in [2.75, 3.05) is 11.5 Å². The van der Waals surface area contributed by atoms with E-state index in [2.05, 4.69) is 0 Å². The number of benzene rings is 2. The number of rotatable bonds is 6. The summed E-state index contributed by atoms with van der Waals surface area (Å²) in [6, 6.07) is 18.0. The number of hydrogen-bond donors (Lipinski definition) is 0. The smallest absolute Gasteiger partial charge is 0.179 e. The number of nitriles is 1. The van der Waals surface area contributed by atoms with E-state index in [0.717, 1.165) is 5.75 Å². The van der Waals surface area contributed by atoms with Gasteiger partial charge < -0.3 is 0 Å². The number of sulfone groups is 1. The molecule has 108 valence electrons. The Balaban J connectivity index is 1.88. The normalized spacial score (nSPS) is 11.0. The van der Waals surface area contributed by atoms with E-state index in [0.29, 0.717) is 11.3 Å². The first-order valence-electron chi connectivity index (χ1n) is 6.46. The number of thioether (sulfide) groups is 1. The van der Waals surface area contributed by atoms with Gasteiger partial charge in [-0.05, 0) is 29.8 Å². The molecule has 0 aliphatic heterocycles. The Bertz CT molecular complexity index is 717. The SMILES string of the molecule is N#Cc1ccc(S(=O)(=O)CCSCc2ccccc2)cc1. The summed E-state index contributed by atoms with van der Waals surface area (Å²) in [6.45, 7) is 0. The quantitative estimate of drug-likeness (QED) is 0.767. The molecule has 0 heterocycles. The van der Waals surface area contributed by atoms with Crippen molar-refractivity contribution in [3.8, 4) is 6.07 Å². The molecule has 21 heavy (non-hydrogen) atoms. The molecule has 0 aliphatic carbocycles. The number of nitrogens with zero attached hydrogens (tertiary/aromatic N) is 1. The molecule has 0 unspecified atom stereocenters. The summed E-state index contributed by atoms with van der Waals surface area (Å²) in [5, 5.41) is 8.71. The lowest BCUT2D eigenvalue weighted by atomic mass is 10.2. The molecular formula is C16H15NO2S2. The molecule has 2 aromatic rings. The molecule has 2 aromatic carbocycles. The van der Waals surface area contributed by atoms with E-state index in [1.807, 2.05) is 36.4 Å². The van der Waals surface area contributed by atoms with Crippen LogP contribution in [-0.2, 0) is 15.6 Å². The topological polar surface area (TPSA) is 57.9 Å². The summed E-state index contributed by atoms with van der Waals surface area (Å²) >= 11 is 1.60. The third kappa shape index (κ3) is 4.62. The van der Waals surface area contributed by atoms with Gasteiger partial charge in [-0.2, -0.15) is 17.0 Å². The highest BCUT2D eigenvalue weighted by molar-refractivity contribution is 8.00. The van der Waals surface area contributed by atoms with Gasteiger partial charge in [-0.3, -0.25) is 0 Å². The van der Waals surface area contributed by atoms with Crippen LogP contribution in [0.25, 0.3) is 0 Å². The molecule has 0 radical (unpaired) electrons. The Kier molecular flexibility index (Phi) is 5.43. The van der Waals surface area contributed by atoms with Gasteiger partial charge in [0.1, 0.15) is 0 Å². The maximum Gasteiger partial charge on any atom is 0.179 e. The van der Waals surface area contributed by atoms with Crippen LogP contribution in [0.1, 0.15) is 11.1 Å². The standard InChI is InChI=1S/C16H15NO2S2/c17-12-14-6-8-16(9-7-14)21(18,19)11-10-20-13-15-4-2-1-3-5-15/h1-9H,10-11,13H2. The van der Waals surface area contributed by atoms with E-state index < -0.39 is 9.84 Å². The van der Waals surface area contributed by atoms with Crippen molar-refractivity contribution in [1.82, 2.24) is 0 Å². The van der Waals surface area contributed by atoms with Crippen molar-refractivity contribution < 1.29 is 8.42 Å². The Labute approximate surface area is 129 Å². The second-order valence-corrected chi connectivity index (χ2v) is 7.71. The Hall–Kier alpha value is -1.77. The van der Waals surface area contributed by atoms with Gasteiger partial charge in [0.05, 0.1) is 22.3 Å². The van der Waals surface area contributed by atoms with Crippen molar-refractivity contribution in [2.24, 2.45) is 0 Å². The summed E-state index contributed by atoms with van der Waals surface area (Å²) in [5.41, 5.74) is 1.66. The monoisotopic (exact) mass is 317 g/mol. The van der Waals surface area contributed by atoms with Gasteiger partial charge in [0, 0.05) is 11.5 Å². The zero-order chi connectivity index (χ0) is 15.1. The average molecular weight is 317 g/mol. The fourth-order valence-corrected chi connectivity index (χ4v) is 4.50. The highest BCUT2D eigenvalue weighted by Crippen LogP contribution is 2.16. The van der Waals surface area contributed by atoms with Crippen LogP contribution in [0, 0.1) is 11.3 Å². The van der Waals surface area contributed by atoms with E-state index in [1.165, 1.54) is 29.8 Å². The second kappa shape index (κ2) is 7.30. The van der Waals surface area contributed by atoms with Crippen LogP contribution in [0.3, 0.4) is 0 Å². The first-order chi connectivity index (χ1) is 10.1. The van der Waals surface area contributed by atoms with Crippen molar-refractivity contribution in [3.05, 3.63) is 65.7 Å². The molecule has 0 fully saturated rings. The lowest BCUT2D eigenvalue weighted by Crippen LogP contribution is -2.09. The molecule has 0 saturated carbocycles. The predicted molar refractivity (Wildman–Crippen MR) is 85.8 cm³/mol. The highest BCUT2D eigenvalue weighted by atomic mass is 32.2.